The molecule has 0 spiro atoms. The van der Waals surface area contributed by atoms with Gasteiger partial charge < -0.3 is 15.2 Å². The zero-order chi connectivity index (χ0) is 13.2. The van der Waals surface area contributed by atoms with Crippen molar-refractivity contribution in [2.45, 2.75) is 51.0 Å². The maximum Gasteiger partial charge on any atom is 0.305 e. The minimum atomic E-state index is -0.862. The van der Waals surface area contributed by atoms with Gasteiger partial charge in [-0.05, 0) is 32.1 Å². The van der Waals surface area contributed by atoms with Crippen LogP contribution in [0.4, 0.5) is 0 Å². The fourth-order valence-electron chi connectivity index (χ4n) is 2.66. The Morgan fingerprint density at radius 1 is 1.22 bits per heavy atom. The molecule has 2 N–H and O–H groups in total. The van der Waals surface area contributed by atoms with Crippen LogP contribution in [0.1, 0.15) is 45.4 Å². The van der Waals surface area contributed by atoms with Crippen molar-refractivity contribution in [2.24, 2.45) is 5.41 Å². The molecule has 0 aromatic rings. The number of carbonyl (C=O) groups excluding carboxylic acids is 1. The first-order valence-corrected chi connectivity index (χ1v) is 6.64. The van der Waals surface area contributed by atoms with Crippen LogP contribution in [-0.4, -0.2) is 35.7 Å². The van der Waals surface area contributed by atoms with E-state index in [0.29, 0.717) is 26.1 Å². The Hall–Kier alpha value is -1.10. The van der Waals surface area contributed by atoms with Gasteiger partial charge in [0.15, 0.2) is 0 Å². The van der Waals surface area contributed by atoms with Gasteiger partial charge in [-0.15, -0.1) is 0 Å². The molecule has 1 saturated carbocycles. The van der Waals surface area contributed by atoms with E-state index < -0.39 is 11.5 Å². The van der Waals surface area contributed by atoms with Gasteiger partial charge in [0.05, 0.1) is 12.0 Å². The highest BCUT2D eigenvalue weighted by Crippen LogP contribution is 2.49. The second-order valence-corrected chi connectivity index (χ2v) is 5.55. The van der Waals surface area contributed by atoms with E-state index in [0.717, 1.165) is 19.3 Å². The van der Waals surface area contributed by atoms with E-state index in [9.17, 15) is 9.59 Å². The largest absolute Gasteiger partial charge is 0.481 e. The molecule has 1 aliphatic heterocycles. The Bertz CT molecular complexity index is 343. The number of carboxylic acids is 1. The average Bonchev–Trinajstić information content (AvgIpc) is 3.09. The van der Waals surface area contributed by atoms with Crippen LogP contribution in [0.25, 0.3) is 0 Å². The number of ether oxygens (including phenoxy) is 1. The number of hydrogen-bond acceptors (Lipinski definition) is 3. The lowest BCUT2D eigenvalue weighted by Gasteiger charge is -2.38. The van der Waals surface area contributed by atoms with Crippen LogP contribution >= 0.6 is 0 Å². The topological polar surface area (TPSA) is 75.6 Å². The number of carboxylic acid groups (broad SMARTS) is 1. The molecule has 102 valence electrons. The SMILES string of the molecule is CCC1(C(=O)NC2(CC(=O)O)CCOCC2)CC1. The third kappa shape index (κ3) is 2.66. The summed E-state index contributed by atoms with van der Waals surface area (Å²) in [5, 5.41) is 12.0. The summed E-state index contributed by atoms with van der Waals surface area (Å²) >= 11 is 0. The zero-order valence-electron chi connectivity index (χ0n) is 10.8. The van der Waals surface area contributed by atoms with Crippen LogP contribution in [0.15, 0.2) is 0 Å². The Balaban J connectivity index is 2.05. The highest BCUT2D eigenvalue weighted by molar-refractivity contribution is 5.86. The Labute approximate surface area is 107 Å². The van der Waals surface area contributed by atoms with Gasteiger partial charge in [-0.2, -0.15) is 0 Å². The smallest absolute Gasteiger partial charge is 0.305 e. The molecule has 1 heterocycles. The molecule has 0 aromatic heterocycles. The molecule has 2 aliphatic rings. The van der Waals surface area contributed by atoms with Gasteiger partial charge in [-0.3, -0.25) is 9.59 Å². The molecule has 1 saturated heterocycles. The van der Waals surface area contributed by atoms with Crippen molar-refractivity contribution in [1.82, 2.24) is 5.32 Å². The number of amides is 1. The summed E-state index contributed by atoms with van der Waals surface area (Å²) in [5.41, 5.74) is -0.824. The number of rotatable bonds is 5. The molecule has 1 aliphatic carbocycles. The second kappa shape index (κ2) is 4.88. The quantitative estimate of drug-likeness (QED) is 0.776. The van der Waals surface area contributed by atoms with E-state index in [1.807, 2.05) is 6.92 Å². The molecule has 5 nitrogen and oxygen atoms in total. The van der Waals surface area contributed by atoms with Crippen molar-refractivity contribution < 1.29 is 19.4 Å². The highest BCUT2D eigenvalue weighted by Gasteiger charge is 2.50. The molecule has 2 fully saturated rings. The molecule has 0 radical (unpaired) electrons. The maximum absolute atomic E-state index is 12.3. The van der Waals surface area contributed by atoms with Crippen LogP contribution in [0.5, 0.6) is 0 Å². The Morgan fingerprint density at radius 2 is 1.83 bits per heavy atom. The van der Waals surface area contributed by atoms with Gasteiger partial charge in [0.2, 0.25) is 5.91 Å². The summed E-state index contributed by atoms with van der Waals surface area (Å²) in [7, 11) is 0. The maximum atomic E-state index is 12.3. The van der Waals surface area contributed by atoms with Crippen LogP contribution in [0.3, 0.4) is 0 Å². The molecule has 18 heavy (non-hydrogen) atoms. The van der Waals surface area contributed by atoms with E-state index in [2.05, 4.69) is 5.32 Å². The van der Waals surface area contributed by atoms with E-state index in [-0.39, 0.29) is 17.7 Å². The molecule has 0 aromatic carbocycles. The Morgan fingerprint density at radius 3 is 2.28 bits per heavy atom. The van der Waals surface area contributed by atoms with Crippen molar-refractivity contribution in [3.05, 3.63) is 0 Å². The number of carbonyl (C=O) groups is 2. The molecule has 2 rings (SSSR count). The number of nitrogens with one attached hydrogen (secondary N) is 1. The van der Waals surface area contributed by atoms with Gasteiger partial charge >= 0.3 is 5.97 Å². The molecular weight excluding hydrogens is 234 g/mol. The third-order valence-electron chi connectivity index (χ3n) is 4.33. The highest BCUT2D eigenvalue weighted by atomic mass is 16.5. The van der Waals surface area contributed by atoms with E-state index in [4.69, 9.17) is 9.84 Å². The fraction of sp³-hybridized carbons (Fsp3) is 0.846. The van der Waals surface area contributed by atoms with Crippen LogP contribution in [0, 0.1) is 5.41 Å². The van der Waals surface area contributed by atoms with Crippen molar-refractivity contribution in [3.8, 4) is 0 Å². The van der Waals surface area contributed by atoms with Gasteiger partial charge in [-0.1, -0.05) is 6.92 Å². The summed E-state index contributed by atoms with van der Waals surface area (Å²) in [6.45, 7) is 3.06. The van der Waals surface area contributed by atoms with Gasteiger partial charge in [-0.25, -0.2) is 0 Å². The lowest BCUT2D eigenvalue weighted by molar-refractivity contribution is -0.141. The molecule has 1 amide bonds. The molecular formula is C13H21NO4. The second-order valence-electron chi connectivity index (χ2n) is 5.55. The van der Waals surface area contributed by atoms with Crippen LogP contribution in [0.2, 0.25) is 0 Å². The number of aliphatic carboxylic acids is 1. The van der Waals surface area contributed by atoms with Crippen LogP contribution < -0.4 is 5.32 Å². The Kier molecular flexibility index (Phi) is 3.61. The summed E-state index contributed by atoms with van der Waals surface area (Å²) in [6, 6.07) is 0. The molecule has 0 bridgehead atoms. The van der Waals surface area contributed by atoms with Gasteiger partial charge in [0.25, 0.3) is 0 Å². The first-order valence-electron chi connectivity index (χ1n) is 6.64. The summed E-state index contributed by atoms with van der Waals surface area (Å²) in [5.74, 6) is -0.827. The lowest BCUT2D eigenvalue weighted by Crippen LogP contribution is -2.55. The summed E-state index contributed by atoms with van der Waals surface area (Å²) in [6.07, 6.45) is 3.85. The van der Waals surface area contributed by atoms with Gasteiger partial charge in [0, 0.05) is 18.6 Å². The van der Waals surface area contributed by atoms with Crippen molar-refractivity contribution in [3.63, 3.8) is 0 Å². The van der Waals surface area contributed by atoms with E-state index in [1.165, 1.54) is 0 Å². The standard InChI is InChI=1S/C13H21NO4/c1-2-12(3-4-12)11(17)14-13(9-10(15)16)5-7-18-8-6-13/h2-9H2,1H3,(H,14,17)(H,15,16). The van der Waals surface area contributed by atoms with E-state index >= 15 is 0 Å². The van der Waals surface area contributed by atoms with Gasteiger partial charge in [0.1, 0.15) is 0 Å². The predicted octanol–water partition coefficient (Wildman–Crippen LogP) is 1.32. The fourth-order valence-corrected chi connectivity index (χ4v) is 2.66. The van der Waals surface area contributed by atoms with Crippen LogP contribution in [-0.2, 0) is 14.3 Å². The minimum Gasteiger partial charge on any atom is -0.481 e. The molecule has 5 heteroatoms. The minimum absolute atomic E-state index is 0.0120. The monoisotopic (exact) mass is 255 g/mol. The van der Waals surface area contributed by atoms with Crippen molar-refractivity contribution in [2.75, 3.05) is 13.2 Å². The first-order chi connectivity index (χ1) is 8.52. The zero-order valence-corrected chi connectivity index (χ0v) is 10.8. The predicted molar refractivity (Wildman–Crippen MR) is 65.1 cm³/mol. The number of hydrogen-bond donors (Lipinski definition) is 2. The van der Waals surface area contributed by atoms with Crippen molar-refractivity contribution >= 4 is 11.9 Å². The van der Waals surface area contributed by atoms with E-state index in [1.54, 1.807) is 0 Å². The molecule has 0 atom stereocenters. The third-order valence-corrected chi connectivity index (χ3v) is 4.33. The summed E-state index contributed by atoms with van der Waals surface area (Å²) < 4.78 is 5.27. The lowest BCUT2D eigenvalue weighted by atomic mass is 9.85. The molecule has 0 unspecified atom stereocenters. The van der Waals surface area contributed by atoms with Crippen molar-refractivity contribution in [1.29, 1.82) is 0 Å². The first kappa shape index (κ1) is 13.3. The average molecular weight is 255 g/mol. The summed E-state index contributed by atoms with van der Waals surface area (Å²) in [4.78, 5) is 23.3. The normalized spacial score (nSPS) is 24.3.